The van der Waals surface area contributed by atoms with Crippen LogP contribution >= 0.6 is 0 Å². The van der Waals surface area contributed by atoms with Crippen molar-refractivity contribution < 1.29 is 27.2 Å². The molecule has 32 heavy (non-hydrogen) atoms. The smallest absolute Gasteiger partial charge is 0.350 e. The zero-order valence-electron chi connectivity index (χ0n) is 16.7. The molecule has 0 saturated carbocycles. The van der Waals surface area contributed by atoms with Gasteiger partial charge in [0.15, 0.2) is 0 Å². The van der Waals surface area contributed by atoms with Crippen LogP contribution in [0.5, 0.6) is 0 Å². The molecule has 0 atom stereocenters. The van der Waals surface area contributed by atoms with Crippen LogP contribution < -0.4 is 10.2 Å². The molecule has 162 valence electrons. The molecule has 3 aromatic rings. The topological polar surface area (TPSA) is 49.4 Å². The molecule has 2 amide bonds. The summed E-state index contributed by atoms with van der Waals surface area (Å²) in [7, 11) is 0. The van der Waals surface area contributed by atoms with Crippen molar-refractivity contribution in [2.75, 3.05) is 10.2 Å². The zero-order chi connectivity index (χ0) is 23.0. The average molecular weight is 440 g/mol. The first-order valence-electron chi connectivity index (χ1n) is 9.55. The largest absolute Gasteiger partial charge is 0.416 e. The van der Waals surface area contributed by atoms with Gasteiger partial charge in [0.2, 0.25) is 0 Å². The average Bonchev–Trinajstić information content (AvgIpc) is 2.98. The summed E-state index contributed by atoms with van der Waals surface area (Å²) < 4.78 is 52.4. The maximum Gasteiger partial charge on any atom is 0.416 e. The van der Waals surface area contributed by atoms with Crippen LogP contribution in [-0.4, -0.2) is 11.8 Å². The molecule has 4 rings (SSSR count). The Kier molecular flexibility index (Phi) is 5.30. The van der Waals surface area contributed by atoms with Crippen LogP contribution in [0.2, 0.25) is 0 Å². The number of anilines is 2. The Balaban J connectivity index is 1.78. The fourth-order valence-electron chi connectivity index (χ4n) is 3.38. The van der Waals surface area contributed by atoms with Gasteiger partial charge in [0.1, 0.15) is 11.5 Å². The number of imide groups is 1. The second-order valence-electron chi connectivity index (χ2n) is 7.24. The minimum absolute atomic E-state index is 0.00588. The van der Waals surface area contributed by atoms with E-state index >= 15 is 0 Å². The Morgan fingerprint density at radius 1 is 0.844 bits per heavy atom. The first-order chi connectivity index (χ1) is 15.1. The number of hydrogen-bond donors (Lipinski definition) is 1. The SMILES string of the molecule is Cc1ccc(C2=C(Nc3cccc(F)c3)C(=O)N(c3ccc(C(F)(F)F)cc3)C2=O)cc1. The standard InChI is InChI=1S/C24H16F4N2O2/c1-14-5-7-15(8-6-14)20-21(29-18-4-2-3-17(25)13-18)23(32)30(22(20)31)19-11-9-16(10-12-19)24(26,27)28/h2-13,29H,1H3. The summed E-state index contributed by atoms with van der Waals surface area (Å²) in [5.41, 5.74) is 0.676. The van der Waals surface area contributed by atoms with Crippen LogP contribution in [0.1, 0.15) is 16.7 Å². The van der Waals surface area contributed by atoms with Gasteiger partial charge < -0.3 is 5.32 Å². The van der Waals surface area contributed by atoms with Crippen LogP contribution in [-0.2, 0) is 15.8 Å². The highest BCUT2D eigenvalue weighted by Gasteiger charge is 2.40. The summed E-state index contributed by atoms with van der Waals surface area (Å²) in [5.74, 6) is -1.99. The highest BCUT2D eigenvalue weighted by molar-refractivity contribution is 6.46. The second-order valence-corrected chi connectivity index (χ2v) is 7.24. The molecular formula is C24H16F4N2O2. The molecule has 8 heteroatoms. The normalized spacial score (nSPS) is 14.3. The van der Waals surface area contributed by atoms with Gasteiger partial charge in [-0.2, -0.15) is 13.2 Å². The van der Waals surface area contributed by atoms with Gasteiger partial charge in [0.05, 0.1) is 16.8 Å². The number of carbonyl (C=O) groups excluding carboxylic acids is 2. The predicted molar refractivity (Wildman–Crippen MR) is 112 cm³/mol. The molecule has 0 unspecified atom stereocenters. The number of aryl methyl sites for hydroxylation is 1. The minimum Gasteiger partial charge on any atom is -0.350 e. The van der Waals surface area contributed by atoms with E-state index in [0.29, 0.717) is 5.56 Å². The van der Waals surface area contributed by atoms with Crippen molar-refractivity contribution in [3.8, 4) is 0 Å². The summed E-state index contributed by atoms with van der Waals surface area (Å²) >= 11 is 0. The van der Waals surface area contributed by atoms with Gasteiger partial charge in [-0.3, -0.25) is 9.59 Å². The third-order valence-electron chi connectivity index (χ3n) is 4.97. The lowest BCUT2D eigenvalue weighted by Crippen LogP contribution is -2.32. The van der Waals surface area contributed by atoms with Crippen molar-refractivity contribution in [2.24, 2.45) is 0 Å². The van der Waals surface area contributed by atoms with Crippen molar-refractivity contribution >= 4 is 28.8 Å². The quantitative estimate of drug-likeness (QED) is 0.428. The monoisotopic (exact) mass is 440 g/mol. The summed E-state index contributed by atoms with van der Waals surface area (Å²) in [4.78, 5) is 27.3. The molecule has 1 heterocycles. The Labute approximate surface area is 180 Å². The van der Waals surface area contributed by atoms with E-state index in [9.17, 15) is 27.2 Å². The first kappa shape index (κ1) is 21.3. The Morgan fingerprint density at radius 3 is 2.09 bits per heavy atom. The number of halogens is 4. The van der Waals surface area contributed by atoms with Crippen LogP contribution in [0, 0.1) is 12.7 Å². The van der Waals surface area contributed by atoms with E-state index in [0.717, 1.165) is 40.8 Å². The number of nitrogens with zero attached hydrogens (tertiary/aromatic N) is 1. The highest BCUT2D eigenvalue weighted by Crippen LogP contribution is 2.36. The number of amides is 2. The molecule has 0 aliphatic carbocycles. The van der Waals surface area contributed by atoms with Crippen LogP contribution in [0.15, 0.2) is 78.5 Å². The summed E-state index contributed by atoms with van der Waals surface area (Å²) in [5, 5.41) is 2.81. The van der Waals surface area contributed by atoms with Crippen molar-refractivity contribution in [1.29, 1.82) is 0 Å². The van der Waals surface area contributed by atoms with E-state index in [-0.39, 0.29) is 22.6 Å². The summed E-state index contributed by atoms with van der Waals surface area (Å²) in [6.45, 7) is 1.86. The fraction of sp³-hybridized carbons (Fsp3) is 0.0833. The van der Waals surface area contributed by atoms with Gasteiger partial charge in [0.25, 0.3) is 11.8 Å². The van der Waals surface area contributed by atoms with E-state index in [1.165, 1.54) is 18.2 Å². The fourth-order valence-corrected chi connectivity index (χ4v) is 3.38. The lowest BCUT2D eigenvalue weighted by Gasteiger charge is -2.16. The second kappa shape index (κ2) is 7.96. The first-order valence-corrected chi connectivity index (χ1v) is 9.55. The minimum atomic E-state index is -4.55. The Morgan fingerprint density at radius 2 is 1.50 bits per heavy atom. The Hall–Kier alpha value is -3.94. The van der Waals surface area contributed by atoms with E-state index in [1.54, 1.807) is 24.3 Å². The van der Waals surface area contributed by atoms with Gasteiger partial charge in [-0.1, -0.05) is 35.9 Å². The molecule has 3 aromatic carbocycles. The molecule has 1 aliphatic rings. The number of hydrogen-bond acceptors (Lipinski definition) is 3. The third kappa shape index (κ3) is 3.99. The molecule has 0 saturated heterocycles. The van der Waals surface area contributed by atoms with E-state index in [4.69, 9.17) is 0 Å². The van der Waals surface area contributed by atoms with Crippen molar-refractivity contribution in [1.82, 2.24) is 0 Å². The van der Waals surface area contributed by atoms with Crippen molar-refractivity contribution in [3.63, 3.8) is 0 Å². The summed E-state index contributed by atoms with van der Waals surface area (Å²) in [6, 6.07) is 16.0. The third-order valence-corrected chi connectivity index (χ3v) is 4.97. The molecule has 0 radical (unpaired) electrons. The number of benzene rings is 3. The van der Waals surface area contributed by atoms with Crippen molar-refractivity contribution in [3.05, 3.63) is 101 Å². The zero-order valence-corrected chi connectivity index (χ0v) is 16.7. The lowest BCUT2D eigenvalue weighted by atomic mass is 10.0. The number of carbonyl (C=O) groups is 2. The van der Waals surface area contributed by atoms with Crippen LogP contribution in [0.3, 0.4) is 0 Å². The molecule has 0 spiro atoms. The molecule has 0 fully saturated rings. The predicted octanol–water partition coefficient (Wildman–Crippen LogP) is 5.55. The number of nitrogens with one attached hydrogen (secondary N) is 1. The van der Waals surface area contributed by atoms with Gasteiger partial charge in [-0.25, -0.2) is 9.29 Å². The van der Waals surface area contributed by atoms with E-state index < -0.39 is 29.4 Å². The highest BCUT2D eigenvalue weighted by atomic mass is 19.4. The van der Waals surface area contributed by atoms with Gasteiger partial charge in [-0.05, 0) is 55.0 Å². The maximum absolute atomic E-state index is 13.6. The van der Waals surface area contributed by atoms with Crippen LogP contribution in [0.4, 0.5) is 28.9 Å². The number of alkyl halides is 3. The van der Waals surface area contributed by atoms with Gasteiger partial charge in [0, 0.05) is 5.69 Å². The molecule has 1 aliphatic heterocycles. The molecular weight excluding hydrogens is 424 g/mol. The Bertz CT molecular complexity index is 1230. The molecule has 1 N–H and O–H groups in total. The molecule has 0 bridgehead atoms. The van der Waals surface area contributed by atoms with Gasteiger partial charge in [-0.15, -0.1) is 0 Å². The van der Waals surface area contributed by atoms with Crippen molar-refractivity contribution in [2.45, 2.75) is 13.1 Å². The molecule has 4 nitrogen and oxygen atoms in total. The summed E-state index contributed by atoms with van der Waals surface area (Å²) in [6.07, 6.45) is -4.55. The van der Waals surface area contributed by atoms with Gasteiger partial charge >= 0.3 is 6.18 Å². The maximum atomic E-state index is 13.6. The van der Waals surface area contributed by atoms with E-state index in [1.807, 2.05) is 6.92 Å². The van der Waals surface area contributed by atoms with E-state index in [2.05, 4.69) is 5.32 Å². The molecule has 0 aromatic heterocycles. The van der Waals surface area contributed by atoms with Crippen LogP contribution in [0.25, 0.3) is 5.57 Å². The lowest BCUT2D eigenvalue weighted by molar-refractivity contribution is -0.137. The number of rotatable bonds is 4.